The fourth-order valence-corrected chi connectivity index (χ4v) is 3.08. The van der Waals surface area contributed by atoms with Crippen molar-refractivity contribution in [2.45, 2.75) is 45.1 Å². The van der Waals surface area contributed by atoms with E-state index < -0.39 is 0 Å². The van der Waals surface area contributed by atoms with Gasteiger partial charge in [0.25, 0.3) is 0 Å². The predicted molar refractivity (Wildman–Crippen MR) is 67.8 cm³/mol. The first-order valence-electron chi connectivity index (χ1n) is 5.21. The van der Waals surface area contributed by atoms with Crippen molar-refractivity contribution in [2.24, 2.45) is 5.73 Å². The quantitative estimate of drug-likeness (QED) is 0.782. The summed E-state index contributed by atoms with van der Waals surface area (Å²) >= 11 is 5.32. The Balaban J connectivity index is 2.27. The molecule has 14 heavy (non-hydrogen) atoms. The van der Waals surface area contributed by atoms with Crippen LogP contribution in [0, 0.1) is 0 Å². The Hall–Kier alpha value is 0.140. The highest BCUT2D eigenvalue weighted by Gasteiger charge is 2.07. The highest BCUT2D eigenvalue weighted by molar-refractivity contribution is 9.10. The Morgan fingerprint density at radius 2 is 2.29 bits per heavy atom. The number of unbranched alkanes of at least 4 members (excludes halogenated alkanes) is 2. The maximum atomic E-state index is 6.06. The van der Waals surface area contributed by atoms with Crippen molar-refractivity contribution in [2.75, 3.05) is 0 Å². The smallest absolute Gasteiger partial charge is 0.0314 e. The van der Waals surface area contributed by atoms with Gasteiger partial charge in [-0.3, -0.25) is 0 Å². The summed E-state index contributed by atoms with van der Waals surface area (Å²) in [5, 5.41) is 2.11. The molecule has 1 atom stereocenters. The third-order valence-corrected chi connectivity index (χ3v) is 4.27. The second kappa shape index (κ2) is 6.59. The highest BCUT2D eigenvalue weighted by atomic mass is 79.9. The van der Waals surface area contributed by atoms with Crippen molar-refractivity contribution in [1.82, 2.24) is 0 Å². The number of thiophene rings is 1. The lowest BCUT2D eigenvalue weighted by atomic mass is 10.1. The molecule has 80 valence electrons. The van der Waals surface area contributed by atoms with Crippen LogP contribution < -0.4 is 5.73 Å². The van der Waals surface area contributed by atoms with Crippen molar-refractivity contribution in [3.63, 3.8) is 0 Å². The molecule has 1 aromatic rings. The van der Waals surface area contributed by atoms with Crippen LogP contribution >= 0.6 is 27.3 Å². The molecule has 0 bridgehead atoms. The average Bonchev–Trinajstić information content (AvgIpc) is 2.52. The highest BCUT2D eigenvalue weighted by Crippen LogP contribution is 2.24. The first-order valence-corrected chi connectivity index (χ1v) is 6.88. The van der Waals surface area contributed by atoms with Crippen LogP contribution in [-0.4, -0.2) is 6.04 Å². The lowest BCUT2D eigenvalue weighted by Gasteiger charge is -2.09. The van der Waals surface area contributed by atoms with Gasteiger partial charge in [0.05, 0.1) is 0 Å². The number of nitrogens with two attached hydrogens (primary N) is 1. The second-order valence-electron chi connectivity index (χ2n) is 3.65. The summed E-state index contributed by atoms with van der Waals surface area (Å²) in [5.41, 5.74) is 6.06. The summed E-state index contributed by atoms with van der Waals surface area (Å²) in [6.45, 7) is 2.22. The van der Waals surface area contributed by atoms with Crippen molar-refractivity contribution in [1.29, 1.82) is 0 Å². The Morgan fingerprint density at radius 1 is 1.50 bits per heavy atom. The SMILES string of the molecule is CCCCCC(N)Cc1sccc1Br. The van der Waals surface area contributed by atoms with Crippen molar-refractivity contribution in [3.8, 4) is 0 Å². The molecule has 1 rings (SSSR count). The monoisotopic (exact) mass is 275 g/mol. The number of hydrogen-bond acceptors (Lipinski definition) is 2. The molecule has 0 aliphatic heterocycles. The van der Waals surface area contributed by atoms with E-state index in [0.29, 0.717) is 6.04 Å². The third kappa shape index (κ3) is 4.11. The van der Waals surface area contributed by atoms with Gasteiger partial charge >= 0.3 is 0 Å². The van der Waals surface area contributed by atoms with Crippen LogP contribution in [0.5, 0.6) is 0 Å². The fraction of sp³-hybridized carbons (Fsp3) is 0.636. The van der Waals surface area contributed by atoms with Crippen LogP contribution in [0.1, 0.15) is 37.5 Å². The van der Waals surface area contributed by atoms with Gasteiger partial charge in [0.15, 0.2) is 0 Å². The molecule has 1 aromatic heterocycles. The molecule has 1 nitrogen and oxygen atoms in total. The summed E-state index contributed by atoms with van der Waals surface area (Å²) < 4.78 is 1.22. The molecule has 0 aliphatic rings. The summed E-state index contributed by atoms with van der Waals surface area (Å²) in [4.78, 5) is 1.38. The average molecular weight is 276 g/mol. The largest absolute Gasteiger partial charge is 0.327 e. The fourth-order valence-electron chi connectivity index (χ4n) is 1.47. The zero-order valence-corrected chi connectivity index (χ0v) is 11.0. The minimum absolute atomic E-state index is 0.330. The first kappa shape index (κ1) is 12.2. The van der Waals surface area contributed by atoms with Crippen LogP contribution in [0.25, 0.3) is 0 Å². The Morgan fingerprint density at radius 3 is 2.86 bits per heavy atom. The van der Waals surface area contributed by atoms with Crippen LogP contribution in [0.3, 0.4) is 0 Å². The van der Waals surface area contributed by atoms with E-state index in [1.54, 1.807) is 11.3 Å². The van der Waals surface area contributed by atoms with Gasteiger partial charge in [-0.2, -0.15) is 0 Å². The van der Waals surface area contributed by atoms with Crippen LogP contribution in [0.2, 0.25) is 0 Å². The van der Waals surface area contributed by atoms with E-state index in [4.69, 9.17) is 5.73 Å². The molecule has 0 radical (unpaired) electrons. The van der Waals surface area contributed by atoms with E-state index in [9.17, 15) is 0 Å². The molecule has 0 saturated heterocycles. The molecular weight excluding hydrogens is 258 g/mol. The maximum Gasteiger partial charge on any atom is 0.0314 e. The lowest BCUT2D eigenvalue weighted by Crippen LogP contribution is -2.22. The zero-order valence-electron chi connectivity index (χ0n) is 8.63. The van der Waals surface area contributed by atoms with Crippen molar-refractivity contribution in [3.05, 3.63) is 20.8 Å². The predicted octanol–water partition coefficient (Wildman–Crippen LogP) is 3.96. The van der Waals surface area contributed by atoms with Crippen LogP contribution in [-0.2, 0) is 6.42 Å². The topological polar surface area (TPSA) is 26.0 Å². The Kier molecular flexibility index (Phi) is 5.75. The van der Waals surface area contributed by atoms with Gasteiger partial charge in [-0.05, 0) is 40.2 Å². The molecule has 0 aliphatic carbocycles. The molecule has 0 aromatic carbocycles. The minimum atomic E-state index is 0.330. The number of hydrogen-bond donors (Lipinski definition) is 1. The molecule has 1 heterocycles. The van der Waals surface area contributed by atoms with E-state index in [0.717, 1.165) is 12.8 Å². The Bertz CT molecular complexity index is 260. The maximum absolute atomic E-state index is 6.06. The van der Waals surface area contributed by atoms with Gasteiger partial charge < -0.3 is 5.73 Å². The van der Waals surface area contributed by atoms with E-state index in [2.05, 4.69) is 34.3 Å². The van der Waals surface area contributed by atoms with Crippen LogP contribution in [0.15, 0.2) is 15.9 Å². The molecule has 0 amide bonds. The summed E-state index contributed by atoms with van der Waals surface area (Å²) in [6.07, 6.45) is 6.01. The number of rotatable bonds is 6. The zero-order chi connectivity index (χ0) is 10.4. The summed E-state index contributed by atoms with van der Waals surface area (Å²) in [5.74, 6) is 0. The minimum Gasteiger partial charge on any atom is -0.327 e. The van der Waals surface area contributed by atoms with E-state index >= 15 is 0 Å². The van der Waals surface area contributed by atoms with Gasteiger partial charge in [-0.15, -0.1) is 11.3 Å². The first-order chi connectivity index (χ1) is 6.74. The molecule has 0 fully saturated rings. The van der Waals surface area contributed by atoms with Gasteiger partial charge in [0.2, 0.25) is 0 Å². The molecular formula is C11H18BrNS. The van der Waals surface area contributed by atoms with Gasteiger partial charge in [0.1, 0.15) is 0 Å². The van der Waals surface area contributed by atoms with Crippen molar-refractivity contribution < 1.29 is 0 Å². The van der Waals surface area contributed by atoms with Gasteiger partial charge in [0, 0.05) is 15.4 Å². The number of halogens is 1. The molecule has 0 saturated carbocycles. The van der Waals surface area contributed by atoms with E-state index in [1.165, 1.54) is 28.6 Å². The molecule has 0 spiro atoms. The molecule has 3 heteroatoms. The second-order valence-corrected chi connectivity index (χ2v) is 5.51. The van der Waals surface area contributed by atoms with E-state index in [-0.39, 0.29) is 0 Å². The van der Waals surface area contributed by atoms with Crippen LogP contribution in [0.4, 0.5) is 0 Å². The van der Waals surface area contributed by atoms with Gasteiger partial charge in [-0.1, -0.05) is 26.2 Å². The third-order valence-electron chi connectivity index (χ3n) is 2.32. The lowest BCUT2D eigenvalue weighted by molar-refractivity contribution is 0.559. The normalized spacial score (nSPS) is 13.1. The molecule has 2 N–H and O–H groups in total. The summed E-state index contributed by atoms with van der Waals surface area (Å²) in [6, 6.07) is 2.43. The van der Waals surface area contributed by atoms with Gasteiger partial charge in [-0.25, -0.2) is 0 Å². The standard InChI is InChI=1S/C11H18BrNS/c1-2-3-4-5-9(13)8-11-10(12)6-7-14-11/h6-7,9H,2-5,8,13H2,1H3. The van der Waals surface area contributed by atoms with Crippen molar-refractivity contribution >= 4 is 27.3 Å². The van der Waals surface area contributed by atoms with E-state index in [1.807, 2.05) is 0 Å². The summed E-state index contributed by atoms with van der Waals surface area (Å²) in [7, 11) is 0. The molecule has 1 unspecified atom stereocenters. The Labute approximate surface area is 98.8 Å².